The number of halogens is 6. The van der Waals surface area contributed by atoms with E-state index in [-0.39, 0.29) is 0 Å². The lowest BCUT2D eigenvalue weighted by atomic mass is 10.3. The molecule has 0 aliphatic carbocycles. The van der Waals surface area contributed by atoms with Crippen LogP contribution in [0.2, 0.25) is 0 Å². The number of diazo groups is 1. The SMILES string of the molecule is COc1cc([N+]#N)c(I)cc1I.F[B-](F)(F)F. The van der Waals surface area contributed by atoms with E-state index in [2.05, 4.69) is 50.2 Å². The highest BCUT2D eigenvalue weighted by Crippen LogP contribution is 2.31. The molecular weight excluding hydrogens is 469 g/mol. The highest BCUT2D eigenvalue weighted by molar-refractivity contribution is 14.1. The Morgan fingerprint density at radius 3 is 2.00 bits per heavy atom. The van der Waals surface area contributed by atoms with Crippen LogP contribution in [0.3, 0.4) is 0 Å². The van der Waals surface area contributed by atoms with Crippen molar-refractivity contribution in [1.82, 2.24) is 0 Å². The van der Waals surface area contributed by atoms with E-state index < -0.39 is 7.25 Å². The van der Waals surface area contributed by atoms with E-state index in [0.29, 0.717) is 5.69 Å². The maximum atomic E-state index is 9.75. The van der Waals surface area contributed by atoms with Gasteiger partial charge in [0, 0.05) is 0 Å². The summed E-state index contributed by atoms with van der Waals surface area (Å²) in [5, 5.41) is 8.59. The van der Waals surface area contributed by atoms with Gasteiger partial charge in [0.05, 0.1) is 16.7 Å². The smallest absolute Gasteiger partial charge is 0.495 e. The Kier molecular flexibility index (Phi) is 7.06. The van der Waals surface area contributed by atoms with Crippen LogP contribution in [0.4, 0.5) is 23.0 Å². The van der Waals surface area contributed by atoms with E-state index in [1.165, 1.54) is 0 Å². The predicted octanol–water partition coefficient (Wildman–Crippen LogP) is 4.69. The second-order valence-electron chi connectivity index (χ2n) is 2.53. The predicted molar refractivity (Wildman–Crippen MR) is 73.4 cm³/mol. The number of nitrogens with zero attached hydrogens (tertiary/aromatic N) is 2. The molecule has 0 spiro atoms. The largest absolute Gasteiger partial charge is 0.673 e. The summed E-state index contributed by atoms with van der Waals surface area (Å²) in [6, 6.07) is 3.60. The first-order valence-electron chi connectivity index (χ1n) is 3.94. The van der Waals surface area contributed by atoms with Crippen molar-refractivity contribution in [3.05, 3.63) is 24.2 Å². The number of hydrogen-bond donors (Lipinski definition) is 0. The molecule has 0 aromatic heterocycles. The number of methoxy groups -OCH3 is 1. The number of ether oxygens (including phenoxy) is 1. The molecule has 3 nitrogen and oxygen atoms in total. The zero-order chi connectivity index (χ0) is 13.6. The van der Waals surface area contributed by atoms with Crippen LogP contribution in [0.1, 0.15) is 0 Å². The van der Waals surface area contributed by atoms with Gasteiger partial charge in [0.15, 0.2) is 4.98 Å². The van der Waals surface area contributed by atoms with Crippen molar-refractivity contribution in [1.29, 1.82) is 5.39 Å². The van der Waals surface area contributed by atoms with E-state index in [1.807, 2.05) is 6.07 Å². The lowest BCUT2D eigenvalue weighted by Crippen LogP contribution is -2.02. The normalized spacial score (nSPS) is 10.0. The average Bonchev–Trinajstić information content (AvgIpc) is 2.15. The molecule has 0 radical (unpaired) electrons. The van der Waals surface area contributed by atoms with Gasteiger partial charge in [-0.3, -0.25) is 0 Å². The van der Waals surface area contributed by atoms with Gasteiger partial charge in [0.1, 0.15) is 9.32 Å². The fraction of sp³-hybridized carbons (Fsp3) is 0.143. The Labute approximate surface area is 122 Å². The summed E-state index contributed by atoms with van der Waals surface area (Å²) in [4.78, 5) is 3.13. The second-order valence-corrected chi connectivity index (χ2v) is 4.86. The van der Waals surface area contributed by atoms with E-state index in [4.69, 9.17) is 10.1 Å². The molecule has 0 amide bonds. The van der Waals surface area contributed by atoms with Crippen molar-refractivity contribution in [2.24, 2.45) is 0 Å². The van der Waals surface area contributed by atoms with Crippen LogP contribution >= 0.6 is 45.2 Å². The molecule has 94 valence electrons. The number of benzene rings is 1. The minimum absolute atomic E-state index is 0.535. The fourth-order valence-electron chi connectivity index (χ4n) is 0.751. The summed E-state index contributed by atoms with van der Waals surface area (Å²) < 4.78 is 46.0. The molecular formula is C7H5BF4I2N2O. The monoisotopic (exact) mass is 474 g/mol. The molecule has 0 N–H and O–H groups in total. The van der Waals surface area contributed by atoms with Crippen LogP contribution in [0.25, 0.3) is 4.98 Å². The Morgan fingerprint density at radius 1 is 1.18 bits per heavy atom. The quantitative estimate of drug-likeness (QED) is 0.257. The molecule has 1 aromatic carbocycles. The minimum Gasteiger partial charge on any atom is -0.495 e. The third kappa shape index (κ3) is 7.58. The van der Waals surface area contributed by atoms with Gasteiger partial charge in [-0.05, 0) is 51.2 Å². The molecule has 1 aromatic rings. The first-order chi connectivity index (χ1) is 7.69. The molecule has 0 saturated carbocycles. The molecule has 0 atom stereocenters. The third-order valence-corrected chi connectivity index (χ3v) is 3.04. The van der Waals surface area contributed by atoms with E-state index in [1.54, 1.807) is 13.2 Å². The lowest BCUT2D eigenvalue weighted by molar-refractivity contribution is 0.368. The summed E-state index contributed by atoms with van der Waals surface area (Å²) >= 11 is 4.27. The van der Waals surface area contributed by atoms with Gasteiger partial charge in [-0.2, -0.15) is 0 Å². The lowest BCUT2D eigenvalue weighted by Gasteiger charge is -1.99. The zero-order valence-corrected chi connectivity index (χ0v) is 12.6. The zero-order valence-electron chi connectivity index (χ0n) is 8.30. The van der Waals surface area contributed by atoms with Gasteiger partial charge >= 0.3 is 12.9 Å². The summed E-state index contributed by atoms with van der Waals surface area (Å²) in [6.07, 6.45) is 0. The Balaban J connectivity index is 0.000000437. The van der Waals surface area contributed by atoms with Gasteiger partial charge in [-0.25, -0.2) is 0 Å². The van der Waals surface area contributed by atoms with Gasteiger partial charge in [0.25, 0.3) is 0 Å². The minimum atomic E-state index is -6.00. The van der Waals surface area contributed by atoms with Crippen LogP contribution in [-0.4, -0.2) is 14.4 Å². The van der Waals surface area contributed by atoms with E-state index in [0.717, 1.165) is 12.9 Å². The molecule has 0 saturated heterocycles. The molecule has 0 bridgehead atoms. The van der Waals surface area contributed by atoms with Crippen molar-refractivity contribution >= 4 is 58.1 Å². The summed E-state index contributed by atoms with van der Waals surface area (Å²) in [7, 11) is -4.41. The van der Waals surface area contributed by atoms with Crippen molar-refractivity contribution in [2.45, 2.75) is 0 Å². The van der Waals surface area contributed by atoms with Crippen molar-refractivity contribution < 1.29 is 22.0 Å². The summed E-state index contributed by atoms with van der Waals surface area (Å²) in [6.45, 7) is 0. The molecule has 0 aliphatic rings. The highest BCUT2D eigenvalue weighted by atomic mass is 127. The first kappa shape index (κ1) is 16.7. The topological polar surface area (TPSA) is 37.4 Å². The molecule has 1 rings (SSSR count). The standard InChI is InChI=1S/C7H5I2N2O.BF4/c1-12-7-3-6(11-10)4(8)2-5(7)9;2-1(3,4)5/h2-3H,1H3;/q+1;-1. The van der Waals surface area contributed by atoms with Gasteiger partial charge in [-0.15, -0.1) is 0 Å². The molecule has 0 aliphatic heterocycles. The highest BCUT2D eigenvalue weighted by Gasteiger charge is 2.20. The summed E-state index contributed by atoms with van der Waals surface area (Å²) in [5.74, 6) is 0.726. The van der Waals surface area contributed by atoms with Crippen LogP contribution in [0, 0.1) is 12.5 Å². The van der Waals surface area contributed by atoms with Crippen LogP contribution in [-0.2, 0) is 0 Å². The van der Waals surface area contributed by atoms with Crippen LogP contribution in [0.5, 0.6) is 5.75 Å². The van der Waals surface area contributed by atoms with Gasteiger partial charge in [-0.1, -0.05) is 0 Å². The Morgan fingerprint density at radius 2 is 1.65 bits per heavy atom. The Hall–Kier alpha value is -0.315. The fourth-order valence-corrected chi connectivity index (χ4v) is 2.61. The second kappa shape index (κ2) is 7.19. The third-order valence-electron chi connectivity index (χ3n) is 1.33. The van der Waals surface area contributed by atoms with Crippen molar-refractivity contribution in [3.8, 4) is 5.75 Å². The average molecular weight is 474 g/mol. The maximum Gasteiger partial charge on any atom is 0.673 e. The van der Waals surface area contributed by atoms with Gasteiger partial charge in [0.2, 0.25) is 5.39 Å². The van der Waals surface area contributed by atoms with E-state index >= 15 is 0 Å². The van der Waals surface area contributed by atoms with Gasteiger partial charge < -0.3 is 22.0 Å². The number of rotatable bonds is 1. The number of hydrogen-bond acceptors (Lipinski definition) is 2. The van der Waals surface area contributed by atoms with Crippen LogP contribution < -0.4 is 4.74 Å². The summed E-state index contributed by atoms with van der Waals surface area (Å²) in [5.41, 5.74) is 0.535. The molecule has 0 heterocycles. The van der Waals surface area contributed by atoms with Crippen molar-refractivity contribution in [3.63, 3.8) is 0 Å². The molecule has 17 heavy (non-hydrogen) atoms. The molecule has 0 unspecified atom stereocenters. The van der Waals surface area contributed by atoms with Crippen molar-refractivity contribution in [2.75, 3.05) is 7.11 Å². The molecule has 10 heteroatoms. The maximum absolute atomic E-state index is 9.75. The van der Waals surface area contributed by atoms with Crippen LogP contribution in [0.15, 0.2) is 12.1 Å². The Bertz CT molecular complexity index is 429. The molecule has 0 fully saturated rings. The van der Waals surface area contributed by atoms with E-state index in [9.17, 15) is 17.3 Å². The first-order valence-corrected chi connectivity index (χ1v) is 6.10.